The second kappa shape index (κ2) is 7.31. The molecular weight excluding hydrogens is 290 g/mol. The van der Waals surface area contributed by atoms with Gasteiger partial charge in [0.05, 0.1) is 12.3 Å². The smallest absolute Gasteiger partial charge is 0.343 e. The summed E-state index contributed by atoms with van der Waals surface area (Å²) < 4.78 is 5.05. The van der Waals surface area contributed by atoms with Crippen LogP contribution in [0.15, 0.2) is 0 Å². The Morgan fingerprint density at radius 2 is 1.95 bits per heavy atom. The topological polar surface area (TPSA) is 98.6 Å². The maximum atomic E-state index is 12.2. The first-order chi connectivity index (χ1) is 9.83. The highest BCUT2D eigenvalue weighted by molar-refractivity contribution is 7.19. The van der Waals surface area contributed by atoms with Crippen LogP contribution in [-0.2, 0) is 4.74 Å². The van der Waals surface area contributed by atoms with Crippen LogP contribution in [0.25, 0.3) is 0 Å². The van der Waals surface area contributed by atoms with Crippen molar-refractivity contribution in [2.75, 3.05) is 30.3 Å². The molecular formula is C14H23N3O3S. The van der Waals surface area contributed by atoms with E-state index in [1.54, 1.807) is 6.92 Å². The number of thiophene rings is 1. The number of nitrogen functional groups attached to an aromatic ring is 1. The number of primary amides is 1. The summed E-state index contributed by atoms with van der Waals surface area (Å²) in [5, 5.41) is 0.649. The van der Waals surface area contributed by atoms with Gasteiger partial charge in [0, 0.05) is 13.1 Å². The van der Waals surface area contributed by atoms with Crippen molar-refractivity contribution in [2.24, 2.45) is 11.7 Å². The minimum absolute atomic E-state index is 0.114. The average molecular weight is 313 g/mol. The number of nitrogens with zero attached hydrogens (tertiary/aromatic N) is 1. The van der Waals surface area contributed by atoms with Crippen LogP contribution in [0.3, 0.4) is 0 Å². The molecule has 0 aliphatic rings. The normalized spacial score (nSPS) is 10.7. The number of rotatable bonds is 7. The molecule has 1 aromatic heterocycles. The average Bonchev–Trinajstić information content (AvgIpc) is 2.73. The Bertz CT molecular complexity index is 526. The van der Waals surface area contributed by atoms with Crippen molar-refractivity contribution >= 4 is 33.9 Å². The van der Waals surface area contributed by atoms with Gasteiger partial charge in [-0.2, -0.15) is 0 Å². The van der Waals surface area contributed by atoms with E-state index < -0.39 is 11.9 Å². The van der Waals surface area contributed by atoms with Gasteiger partial charge in [0.15, 0.2) is 0 Å². The summed E-state index contributed by atoms with van der Waals surface area (Å²) in [4.78, 5) is 25.9. The van der Waals surface area contributed by atoms with Crippen LogP contribution in [-0.4, -0.2) is 31.6 Å². The molecule has 0 saturated heterocycles. The van der Waals surface area contributed by atoms with Crippen molar-refractivity contribution in [1.82, 2.24) is 0 Å². The predicted molar refractivity (Wildman–Crippen MR) is 85.9 cm³/mol. The zero-order chi connectivity index (χ0) is 16.2. The molecule has 0 fully saturated rings. The van der Waals surface area contributed by atoms with Gasteiger partial charge in [-0.05, 0) is 19.8 Å². The molecule has 21 heavy (non-hydrogen) atoms. The van der Waals surface area contributed by atoms with Gasteiger partial charge in [0.25, 0.3) is 5.91 Å². The SMILES string of the molecule is CCOC(=O)c1c(N(CC)CC(C)C)sc(C(N)=O)c1N. The first-order valence-corrected chi connectivity index (χ1v) is 7.79. The first kappa shape index (κ1) is 17.3. The molecule has 0 bridgehead atoms. The largest absolute Gasteiger partial charge is 0.462 e. The lowest BCUT2D eigenvalue weighted by atomic mass is 10.2. The number of carbonyl (C=O) groups excluding carboxylic acids is 2. The standard InChI is InChI=1S/C14H23N3O3S/c1-5-17(7-8(3)4)13-9(14(19)20-6-2)10(15)11(21-13)12(16)18/h8H,5-7,15H2,1-4H3,(H2,16,18). The number of hydrogen-bond acceptors (Lipinski definition) is 6. The van der Waals surface area contributed by atoms with Gasteiger partial charge in [0.1, 0.15) is 15.4 Å². The maximum absolute atomic E-state index is 12.2. The molecule has 0 unspecified atom stereocenters. The molecule has 1 aromatic rings. The Labute approximate surface area is 129 Å². The molecule has 0 aliphatic heterocycles. The lowest BCUT2D eigenvalue weighted by molar-refractivity contribution is 0.0529. The van der Waals surface area contributed by atoms with E-state index in [4.69, 9.17) is 16.2 Å². The van der Waals surface area contributed by atoms with Crippen LogP contribution in [0.5, 0.6) is 0 Å². The second-order valence-corrected chi connectivity index (χ2v) is 6.04. The van der Waals surface area contributed by atoms with E-state index in [9.17, 15) is 9.59 Å². The first-order valence-electron chi connectivity index (χ1n) is 6.97. The lowest BCUT2D eigenvalue weighted by Crippen LogP contribution is -2.28. The Kier molecular flexibility index (Phi) is 6.02. The summed E-state index contributed by atoms with van der Waals surface area (Å²) in [6.45, 7) is 9.56. The van der Waals surface area contributed by atoms with E-state index in [0.29, 0.717) is 17.5 Å². The van der Waals surface area contributed by atoms with Crippen molar-refractivity contribution in [3.05, 3.63) is 10.4 Å². The van der Waals surface area contributed by atoms with Crippen molar-refractivity contribution in [2.45, 2.75) is 27.7 Å². The minimum Gasteiger partial charge on any atom is -0.462 e. The van der Waals surface area contributed by atoms with Crippen LogP contribution in [0, 0.1) is 5.92 Å². The van der Waals surface area contributed by atoms with E-state index >= 15 is 0 Å². The number of amides is 1. The van der Waals surface area contributed by atoms with Gasteiger partial charge < -0.3 is 21.1 Å². The fourth-order valence-electron chi connectivity index (χ4n) is 2.03. The molecule has 7 heteroatoms. The van der Waals surface area contributed by atoms with Crippen LogP contribution < -0.4 is 16.4 Å². The van der Waals surface area contributed by atoms with Gasteiger partial charge >= 0.3 is 5.97 Å². The van der Waals surface area contributed by atoms with Crippen molar-refractivity contribution < 1.29 is 14.3 Å². The molecule has 6 nitrogen and oxygen atoms in total. The Morgan fingerprint density at radius 1 is 1.33 bits per heavy atom. The molecule has 0 aromatic carbocycles. The highest BCUT2D eigenvalue weighted by Gasteiger charge is 2.28. The molecule has 1 amide bonds. The molecule has 118 valence electrons. The third-order valence-corrected chi connectivity index (χ3v) is 4.17. The monoisotopic (exact) mass is 313 g/mol. The summed E-state index contributed by atoms with van der Waals surface area (Å²) in [5.74, 6) is -0.744. The molecule has 0 radical (unpaired) electrons. The van der Waals surface area contributed by atoms with Gasteiger partial charge in [-0.25, -0.2) is 4.79 Å². The third kappa shape index (κ3) is 3.87. The predicted octanol–water partition coefficient (Wildman–Crippen LogP) is 2.09. The number of nitrogens with two attached hydrogens (primary N) is 2. The van der Waals surface area contributed by atoms with Crippen molar-refractivity contribution in [1.29, 1.82) is 0 Å². The quantitative estimate of drug-likeness (QED) is 0.751. The Balaban J connectivity index is 3.37. The van der Waals surface area contributed by atoms with E-state index in [-0.39, 0.29) is 22.7 Å². The van der Waals surface area contributed by atoms with Crippen molar-refractivity contribution in [3.8, 4) is 0 Å². The zero-order valence-corrected chi connectivity index (χ0v) is 13.8. The van der Waals surface area contributed by atoms with E-state index in [1.807, 2.05) is 11.8 Å². The van der Waals surface area contributed by atoms with E-state index in [0.717, 1.165) is 17.9 Å². The van der Waals surface area contributed by atoms with Gasteiger partial charge in [-0.3, -0.25) is 4.79 Å². The summed E-state index contributed by atoms with van der Waals surface area (Å²) in [7, 11) is 0. The fourth-order valence-corrected chi connectivity index (χ4v) is 3.17. The fraction of sp³-hybridized carbons (Fsp3) is 0.571. The Morgan fingerprint density at radius 3 is 2.38 bits per heavy atom. The zero-order valence-electron chi connectivity index (χ0n) is 12.9. The highest BCUT2D eigenvalue weighted by atomic mass is 32.1. The van der Waals surface area contributed by atoms with Crippen LogP contribution in [0.2, 0.25) is 0 Å². The lowest BCUT2D eigenvalue weighted by Gasteiger charge is -2.24. The summed E-state index contributed by atoms with van der Waals surface area (Å²) in [5.41, 5.74) is 11.6. The van der Waals surface area contributed by atoms with Crippen LogP contribution >= 0.6 is 11.3 Å². The number of anilines is 2. The van der Waals surface area contributed by atoms with Crippen LogP contribution in [0.1, 0.15) is 47.7 Å². The number of carbonyl (C=O) groups is 2. The van der Waals surface area contributed by atoms with Gasteiger partial charge in [-0.15, -0.1) is 11.3 Å². The number of hydrogen-bond donors (Lipinski definition) is 2. The highest BCUT2D eigenvalue weighted by Crippen LogP contribution is 2.38. The second-order valence-electron chi connectivity index (χ2n) is 5.04. The summed E-state index contributed by atoms with van der Waals surface area (Å²) >= 11 is 1.15. The molecule has 0 spiro atoms. The molecule has 1 heterocycles. The molecule has 0 aliphatic carbocycles. The molecule has 4 N–H and O–H groups in total. The van der Waals surface area contributed by atoms with Crippen LogP contribution in [0.4, 0.5) is 10.7 Å². The molecule has 1 rings (SSSR count). The van der Waals surface area contributed by atoms with E-state index in [1.165, 1.54) is 0 Å². The maximum Gasteiger partial charge on any atom is 0.343 e. The molecule has 0 atom stereocenters. The van der Waals surface area contributed by atoms with Gasteiger partial charge in [-0.1, -0.05) is 13.8 Å². The van der Waals surface area contributed by atoms with Gasteiger partial charge in [0.2, 0.25) is 0 Å². The van der Waals surface area contributed by atoms with Crippen molar-refractivity contribution in [3.63, 3.8) is 0 Å². The van der Waals surface area contributed by atoms with E-state index in [2.05, 4.69) is 13.8 Å². The summed E-state index contributed by atoms with van der Waals surface area (Å²) in [6.07, 6.45) is 0. The summed E-state index contributed by atoms with van der Waals surface area (Å²) in [6, 6.07) is 0. The Hall–Kier alpha value is -1.76. The minimum atomic E-state index is -0.630. The number of esters is 1. The molecule has 0 saturated carbocycles. The third-order valence-electron chi connectivity index (χ3n) is 2.88. The number of ether oxygens (including phenoxy) is 1.